The third-order valence-corrected chi connectivity index (χ3v) is 6.09. The zero-order chi connectivity index (χ0) is 23.5. The molecule has 1 saturated heterocycles. The maximum atomic E-state index is 13.3. The molecule has 180 valence electrons. The third-order valence-electron chi connectivity index (χ3n) is 6.09. The first-order valence-electron chi connectivity index (χ1n) is 12.0. The van der Waals surface area contributed by atoms with Gasteiger partial charge in [-0.25, -0.2) is 4.39 Å². The Labute approximate surface area is 197 Å². The molecule has 1 fully saturated rings. The van der Waals surface area contributed by atoms with Gasteiger partial charge in [0.05, 0.1) is 0 Å². The van der Waals surface area contributed by atoms with Crippen molar-refractivity contribution in [2.24, 2.45) is 5.73 Å². The molecule has 0 aromatic heterocycles. The molecule has 0 spiro atoms. The number of benzene rings is 2. The Morgan fingerprint density at radius 1 is 0.909 bits per heavy atom. The van der Waals surface area contributed by atoms with Crippen molar-refractivity contribution < 1.29 is 9.18 Å². The summed E-state index contributed by atoms with van der Waals surface area (Å²) in [6, 6.07) is 14.8. The molecule has 2 aromatic rings. The van der Waals surface area contributed by atoms with Crippen molar-refractivity contribution in [1.82, 2.24) is 14.7 Å². The fourth-order valence-electron chi connectivity index (χ4n) is 4.29. The van der Waals surface area contributed by atoms with Crippen LogP contribution in [0, 0.1) is 5.82 Å². The lowest BCUT2D eigenvalue weighted by atomic mass is 10.1. The second kappa shape index (κ2) is 13.4. The van der Waals surface area contributed by atoms with E-state index in [-0.39, 0.29) is 11.7 Å². The Morgan fingerprint density at radius 2 is 1.42 bits per heavy atom. The lowest BCUT2D eigenvalue weighted by Crippen LogP contribution is -2.47. The van der Waals surface area contributed by atoms with Crippen molar-refractivity contribution in [3.05, 3.63) is 65.5 Å². The fraction of sp³-hybridized carbons (Fsp3) is 0.500. The summed E-state index contributed by atoms with van der Waals surface area (Å²) in [6.45, 7) is 11.5. The molecule has 33 heavy (non-hydrogen) atoms. The molecular weight excluding hydrogens is 417 g/mol. The van der Waals surface area contributed by atoms with Gasteiger partial charge in [-0.15, -0.1) is 0 Å². The number of nitrogens with zero attached hydrogens (tertiary/aromatic N) is 3. The summed E-state index contributed by atoms with van der Waals surface area (Å²) >= 11 is 0. The van der Waals surface area contributed by atoms with Gasteiger partial charge in [0.25, 0.3) is 0 Å². The summed E-state index contributed by atoms with van der Waals surface area (Å²) in [6.07, 6.45) is 2.16. The van der Waals surface area contributed by atoms with Crippen LogP contribution in [0.25, 0.3) is 0 Å². The maximum Gasteiger partial charge on any atom is 0.221 e. The molecule has 3 rings (SSSR count). The molecule has 1 aliphatic heterocycles. The van der Waals surface area contributed by atoms with E-state index in [1.54, 1.807) is 0 Å². The number of carbonyl (C=O) groups is 1. The predicted octanol–water partition coefficient (Wildman–Crippen LogP) is 3.14. The number of nitrogens with two attached hydrogens (primary N) is 1. The highest BCUT2D eigenvalue weighted by molar-refractivity contribution is 5.88. The highest BCUT2D eigenvalue weighted by Crippen LogP contribution is 2.15. The molecule has 6 nitrogen and oxygen atoms in total. The lowest BCUT2D eigenvalue weighted by Gasteiger charge is -2.35. The minimum atomic E-state index is -0.204. The first kappa shape index (κ1) is 25.3. The quantitative estimate of drug-likeness (QED) is 0.515. The first-order valence-corrected chi connectivity index (χ1v) is 12.0. The largest absolute Gasteiger partial charge is 0.330 e. The lowest BCUT2D eigenvalue weighted by molar-refractivity contribution is -0.114. The zero-order valence-electron chi connectivity index (χ0n) is 19.8. The van der Waals surface area contributed by atoms with Gasteiger partial charge in [0.2, 0.25) is 5.91 Å². The monoisotopic (exact) mass is 455 g/mol. The summed E-state index contributed by atoms with van der Waals surface area (Å²) in [5.41, 5.74) is 8.75. The van der Waals surface area contributed by atoms with Crippen molar-refractivity contribution >= 4 is 11.6 Å². The van der Waals surface area contributed by atoms with Crippen LogP contribution in [0.3, 0.4) is 0 Å². The number of piperazine rings is 1. The van der Waals surface area contributed by atoms with E-state index in [9.17, 15) is 9.18 Å². The number of hydrogen-bond donors (Lipinski definition) is 2. The van der Waals surface area contributed by atoms with Crippen molar-refractivity contribution in [2.75, 3.05) is 57.7 Å². The zero-order valence-corrected chi connectivity index (χ0v) is 19.8. The maximum absolute atomic E-state index is 13.3. The summed E-state index contributed by atoms with van der Waals surface area (Å²) in [4.78, 5) is 18.7. The fourth-order valence-corrected chi connectivity index (χ4v) is 4.29. The first-order chi connectivity index (χ1) is 16.0. The minimum Gasteiger partial charge on any atom is -0.330 e. The van der Waals surface area contributed by atoms with Crippen LogP contribution in [0.15, 0.2) is 48.5 Å². The molecular formula is C26H38FN5O. The van der Waals surface area contributed by atoms with Gasteiger partial charge in [-0.05, 0) is 67.9 Å². The summed E-state index contributed by atoms with van der Waals surface area (Å²) in [7, 11) is 0. The highest BCUT2D eigenvalue weighted by Gasteiger charge is 2.16. The van der Waals surface area contributed by atoms with Crippen LogP contribution in [0.1, 0.15) is 30.9 Å². The minimum absolute atomic E-state index is 0.0686. The SMILES string of the molecule is CC(=O)Nc1ccc(CN(CCCN2CCN(CCCN)CC2)Cc2ccc(F)cc2)cc1. The van der Waals surface area contributed by atoms with E-state index in [2.05, 4.69) is 32.1 Å². The van der Waals surface area contributed by atoms with Crippen molar-refractivity contribution in [3.8, 4) is 0 Å². The van der Waals surface area contributed by atoms with Crippen molar-refractivity contribution in [1.29, 1.82) is 0 Å². The van der Waals surface area contributed by atoms with E-state index in [1.165, 1.54) is 24.6 Å². The van der Waals surface area contributed by atoms with E-state index in [4.69, 9.17) is 5.73 Å². The molecule has 1 amide bonds. The average molecular weight is 456 g/mol. The second-order valence-electron chi connectivity index (χ2n) is 8.89. The van der Waals surface area contributed by atoms with E-state index in [0.29, 0.717) is 0 Å². The molecule has 1 heterocycles. The van der Waals surface area contributed by atoms with Crippen LogP contribution in [-0.2, 0) is 17.9 Å². The van der Waals surface area contributed by atoms with Crippen LogP contribution < -0.4 is 11.1 Å². The van der Waals surface area contributed by atoms with Gasteiger partial charge < -0.3 is 20.9 Å². The Balaban J connectivity index is 1.52. The van der Waals surface area contributed by atoms with E-state index in [1.807, 2.05) is 24.3 Å². The van der Waals surface area contributed by atoms with Gasteiger partial charge in [-0.3, -0.25) is 9.69 Å². The summed E-state index contributed by atoms with van der Waals surface area (Å²) < 4.78 is 13.3. The van der Waals surface area contributed by atoms with Crippen LogP contribution in [0.2, 0.25) is 0 Å². The number of anilines is 1. The second-order valence-corrected chi connectivity index (χ2v) is 8.89. The molecule has 0 saturated carbocycles. The summed E-state index contributed by atoms with van der Waals surface area (Å²) in [5.74, 6) is -0.273. The van der Waals surface area contributed by atoms with E-state index in [0.717, 1.165) is 89.5 Å². The van der Waals surface area contributed by atoms with Gasteiger partial charge in [-0.1, -0.05) is 24.3 Å². The number of nitrogens with one attached hydrogen (secondary N) is 1. The standard InChI is InChI=1S/C26H38FN5O/c1-22(33)29-26-10-6-24(7-11-26)21-32(20-23-4-8-25(27)9-5-23)15-3-14-31-18-16-30(17-19-31)13-2-12-28/h4-11H,2-3,12-21,28H2,1H3,(H,29,33). The molecule has 0 unspecified atom stereocenters. The molecule has 0 atom stereocenters. The van der Waals surface area contributed by atoms with Crippen LogP contribution >= 0.6 is 0 Å². The normalized spacial score (nSPS) is 15.2. The van der Waals surface area contributed by atoms with E-state index < -0.39 is 0 Å². The van der Waals surface area contributed by atoms with Crippen LogP contribution in [0.4, 0.5) is 10.1 Å². The average Bonchev–Trinajstić information content (AvgIpc) is 2.81. The van der Waals surface area contributed by atoms with Gasteiger partial charge >= 0.3 is 0 Å². The van der Waals surface area contributed by atoms with Crippen molar-refractivity contribution in [3.63, 3.8) is 0 Å². The molecule has 0 bridgehead atoms. The van der Waals surface area contributed by atoms with Gasteiger partial charge in [0.15, 0.2) is 0 Å². The molecule has 7 heteroatoms. The molecule has 0 radical (unpaired) electrons. The number of rotatable bonds is 12. The third kappa shape index (κ3) is 9.21. The Bertz CT molecular complexity index is 835. The number of hydrogen-bond acceptors (Lipinski definition) is 5. The van der Waals surface area contributed by atoms with Gasteiger partial charge in [-0.2, -0.15) is 0 Å². The number of halogens is 1. The molecule has 3 N–H and O–H groups in total. The number of amides is 1. The van der Waals surface area contributed by atoms with Crippen molar-refractivity contribution in [2.45, 2.75) is 32.9 Å². The molecule has 2 aromatic carbocycles. The van der Waals surface area contributed by atoms with Crippen LogP contribution in [0.5, 0.6) is 0 Å². The Hall–Kier alpha value is -2.32. The highest BCUT2D eigenvalue weighted by atomic mass is 19.1. The summed E-state index contributed by atoms with van der Waals surface area (Å²) in [5, 5.41) is 2.81. The predicted molar refractivity (Wildman–Crippen MR) is 132 cm³/mol. The smallest absolute Gasteiger partial charge is 0.221 e. The Kier molecular flexibility index (Phi) is 10.3. The van der Waals surface area contributed by atoms with E-state index >= 15 is 0 Å². The molecule has 0 aliphatic carbocycles. The molecule has 1 aliphatic rings. The van der Waals surface area contributed by atoms with Crippen LogP contribution in [-0.4, -0.2) is 73.0 Å². The number of carbonyl (C=O) groups excluding carboxylic acids is 1. The van der Waals surface area contributed by atoms with Gasteiger partial charge in [0, 0.05) is 58.4 Å². The topological polar surface area (TPSA) is 64.8 Å². The Morgan fingerprint density at radius 3 is 1.94 bits per heavy atom. The van der Waals surface area contributed by atoms with Gasteiger partial charge in [0.1, 0.15) is 5.82 Å².